The van der Waals surface area contributed by atoms with E-state index in [0.29, 0.717) is 20.2 Å². The van der Waals surface area contributed by atoms with Gasteiger partial charge in [0, 0.05) is 20.2 Å². The monoisotopic (exact) mass is 268 g/mol. The van der Waals surface area contributed by atoms with E-state index in [2.05, 4.69) is 25.3 Å². The van der Waals surface area contributed by atoms with Crippen molar-refractivity contribution < 1.29 is 0 Å². The first-order valence-electron chi connectivity index (χ1n) is 4.50. The van der Waals surface area contributed by atoms with E-state index in [0.717, 1.165) is 0 Å². The van der Waals surface area contributed by atoms with Crippen LogP contribution in [0.5, 0.6) is 0 Å². The van der Waals surface area contributed by atoms with Crippen LogP contribution in [0.1, 0.15) is 0 Å². The largest absolute Gasteiger partial charge is 0.192 e. The standard InChI is InChI=1S/C12H4N4S2/c13-3-7(4-14)9-1-11(17)10(2-12(9)18)8(5-15)6-16/h1-2,17-18H. The Morgan fingerprint density at radius 2 is 1.00 bits per heavy atom. The van der Waals surface area contributed by atoms with Crippen molar-refractivity contribution in [3.05, 3.63) is 22.6 Å². The lowest BCUT2D eigenvalue weighted by Gasteiger charge is -1.99. The summed E-state index contributed by atoms with van der Waals surface area (Å²) in [6.07, 6.45) is 0. The summed E-state index contributed by atoms with van der Waals surface area (Å²) in [6.45, 7) is 0. The van der Waals surface area contributed by atoms with Crippen molar-refractivity contribution in [2.45, 2.75) is 9.79 Å². The number of hydrogen-bond acceptors (Lipinski definition) is 6. The Labute approximate surface area is 114 Å². The third kappa shape index (κ3) is 2.47. The minimum Gasteiger partial charge on any atom is -0.192 e. The van der Waals surface area contributed by atoms with Crippen molar-refractivity contribution in [3.8, 4) is 24.3 Å². The summed E-state index contributed by atoms with van der Waals surface area (Å²) in [7, 11) is 0. The van der Waals surface area contributed by atoms with Gasteiger partial charge in [-0.05, 0) is 12.1 Å². The van der Waals surface area contributed by atoms with Gasteiger partial charge in [-0.1, -0.05) is 0 Å². The van der Waals surface area contributed by atoms with E-state index in [1.165, 1.54) is 12.1 Å². The second kappa shape index (κ2) is 5.80. The minimum absolute atomic E-state index is 0.0997. The van der Waals surface area contributed by atoms with Crippen molar-refractivity contribution in [3.63, 3.8) is 0 Å². The summed E-state index contributed by atoms with van der Waals surface area (Å²) in [6, 6.07) is 9.88. The molecule has 84 valence electrons. The van der Waals surface area contributed by atoms with Crippen LogP contribution in [0.15, 0.2) is 21.9 Å². The number of nitriles is 4. The molecule has 1 rings (SSSR count). The second-order valence-electron chi connectivity index (χ2n) is 3.08. The van der Waals surface area contributed by atoms with Gasteiger partial charge in [-0.25, -0.2) is 0 Å². The molecule has 0 bridgehead atoms. The van der Waals surface area contributed by atoms with Crippen LogP contribution in [-0.2, 0) is 0 Å². The van der Waals surface area contributed by atoms with E-state index in [9.17, 15) is 0 Å². The zero-order chi connectivity index (χ0) is 13.7. The van der Waals surface area contributed by atoms with Gasteiger partial charge in [-0.3, -0.25) is 0 Å². The normalized spacial score (nSPS) is 8.33. The quantitative estimate of drug-likeness (QED) is 0.676. The van der Waals surface area contributed by atoms with Crippen molar-refractivity contribution in [1.29, 1.82) is 21.0 Å². The van der Waals surface area contributed by atoms with E-state index in [1.54, 1.807) is 24.3 Å². The van der Waals surface area contributed by atoms with Crippen molar-refractivity contribution in [2.75, 3.05) is 0 Å². The van der Waals surface area contributed by atoms with Gasteiger partial charge in [-0.15, -0.1) is 25.3 Å². The summed E-state index contributed by atoms with van der Waals surface area (Å²) in [5.74, 6) is 0. The third-order valence-electron chi connectivity index (χ3n) is 2.10. The molecule has 0 N–H and O–H groups in total. The van der Waals surface area contributed by atoms with Crippen molar-refractivity contribution in [1.82, 2.24) is 0 Å². The Morgan fingerprint density at radius 1 is 0.722 bits per heavy atom. The molecule has 0 atom stereocenters. The first-order valence-corrected chi connectivity index (χ1v) is 5.39. The van der Waals surface area contributed by atoms with Gasteiger partial charge < -0.3 is 0 Å². The molecule has 1 aromatic rings. The van der Waals surface area contributed by atoms with Crippen LogP contribution in [0, 0.1) is 45.3 Å². The molecule has 0 aliphatic heterocycles. The fourth-order valence-corrected chi connectivity index (χ4v) is 1.88. The predicted molar refractivity (Wildman–Crippen MR) is 69.5 cm³/mol. The molecular formula is C12H4N4S2. The molecule has 6 heteroatoms. The van der Waals surface area contributed by atoms with Gasteiger partial charge in [0.25, 0.3) is 0 Å². The molecular weight excluding hydrogens is 264 g/mol. The van der Waals surface area contributed by atoms with E-state index < -0.39 is 0 Å². The summed E-state index contributed by atoms with van der Waals surface area (Å²) in [4.78, 5) is 0.674. The highest BCUT2D eigenvalue weighted by atomic mass is 32.1. The molecule has 0 unspecified atom stereocenters. The zero-order valence-electron chi connectivity index (χ0n) is 8.84. The molecule has 0 saturated carbocycles. The van der Waals surface area contributed by atoms with Crippen LogP contribution in [0.25, 0.3) is 11.1 Å². The molecule has 18 heavy (non-hydrogen) atoms. The molecule has 4 nitrogen and oxygen atoms in total. The highest BCUT2D eigenvalue weighted by Gasteiger charge is 2.05. The summed E-state index contributed by atoms with van der Waals surface area (Å²) >= 11 is 8.29. The summed E-state index contributed by atoms with van der Waals surface area (Å²) in [5.41, 5.74) is -0.199. The maximum atomic E-state index is 8.79. The van der Waals surface area contributed by atoms with Crippen LogP contribution >= 0.6 is 25.3 Å². The molecule has 0 aliphatic carbocycles. The lowest BCUT2D eigenvalue weighted by atomic mass is 10.1. The number of benzene rings is 1. The SMILES string of the molecule is N#CC(C#N)=c1cc(S)c(=C(C#N)C#N)cc1S. The molecule has 0 heterocycles. The molecule has 0 aromatic heterocycles. The van der Waals surface area contributed by atoms with Crippen LogP contribution in [-0.4, -0.2) is 0 Å². The van der Waals surface area contributed by atoms with Crippen LogP contribution in [0.3, 0.4) is 0 Å². The van der Waals surface area contributed by atoms with Crippen LogP contribution in [0.4, 0.5) is 0 Å². The number of hydrogen-bond donors (Lipinski definition) is 2. The lowest BCUT2D eigenvalue weighted by Crippen LogP contribution is -2.16. The molecule has 0 aliphatic rings. The average Bonchev–Trinajstić information content (AvgIpc) is 2.37. The molecule has 0 spiro atoms. The third-order valence-corrected chi connectivity index (χ3v) is 2.84. The summed E-state index contributed by atoms with van der Waals surface area (Å²) < 4.78 is 0. The highest BCUT2D eigenvalue weighted by molar-refractivity contribution is 7.80. The molecule has 0 radical (unpaired) electrons. The van der Waals surface area contributed by atoms with Gasteiger partial charge in [0.05, 0.1) is 0 Å². The van der Waals surface area contributed by atoms with Gasteiger partial charge in [0.2, 0.25) is 0 Å². The first kappa shape index (κ1) is 13.7. The van der Waals surface area contributed by atoms with Crippen molar-refractivity contribution in [2.24, 2.45) is 0 Å². The molecule has 1 aromatic carbocycles. The Balaban J connectivity index is 3.96. The topological polar surface area (TPSA) is 95.2 Å². The average molecular weight is 268 g/mol. The highest BCUT2D eigenvalue weighted by Crippen LogP contribution is 2.05. The van der Waals surface area contributed by atoms with E-state index in [-0.39, 0.29) is 11.1 Å². The maximum absolute atomic E-state index is 8.79. The Hall–Kier alpha value is -2.38. The van der Waals surface area contributed by atoms with E-state index >= 15 is 0 Å². The maximum Gasteiger partial charge on any atom is 0.138 e. The van der Waals surface area contributed by atoms with Gasteiger partial charge >= 0.3 is 0 Å². The zero-order valence-corrected chi connectivity index (χ0v) is 10.6. The summed E-state index contributed by atoms with van der Waals surface area (Å²) in [5, 5.41) is 35.8. The number of rotatable bonds is 0. The smallest absolute Gasteiger partial charge is 0.138 e. The van der Waals surface area contributed by atoms with Gasteiger partial charge in [0.1, 0.15) is 35.4 Å². The van der Waals surface area contributed by atoms with Gasteiger partial charge in [0.15, 0.2) is 0 Å². The van der Waals surface area contributed by atoms with Gasteiger partial charge in [-0.2, -0.15) is 21.0 Å². The fourth-order valence-electron chi connectivity index (χ4n) is 1.27. The Bertz CT molecular complexity index is 693. The van der Waals surface area contributed by atoms with Crippen LogP contribution < -0.4 is 10.4 Å². The van der Waals surface area contributed by atoms with E-state index in [1.807, 2.05) is 0 Å². The predicted octanol–water partition coefficient (Wildman–Crippen LogP) is 0.660. The first-order chi connectivity index (χ1) is 8.58. The van der Waals surface area contributed by atoms with Crippen molar-refractivity contribution >= 4 is 36.4 Å². The Morgan fingerprint density at radius 3 is 1.22 bits per heavy atom. The molecule has 0 fully saturated rings. The lowest BCUT2D eigenvalue weighted by molar-refractivity contribution is 1.24. The fraction of sp³-hybridized carbons (Fsp3) is 0. The molecule has 0 amide bonds. The van der Waals surface area contributed by atoms with Crippen LogP contribution in [0.2, 0.25) is 0 Å². The number of thiol groups is 2. The minimum atomic E-state index is -0.0997. The van der Waals surface area contributed by atoms with E-state index in [4.69, 9.17) is 21.0 Å². The second-order valence-corrected chi connectivity index (χ2v) is 4.05. The molecule has 0 saturated heterocycles. The Kier molecular flexibility index (Phi) is 4.41. The number of nitrogens with zero attached hydrogens (tertiary/aromatic N) is 4.